The molecule has 0 aliphatic heterocycles. The maximum atomic E-state index is 13.0. The van der Waals surface area contributed by atoms with Gasteiger partial charge in [0, 0.05) is 27.2 Å². The van der Waals surface area contributed by atoms with E-state index in [0.29, 0.717) is 122 Å². The topological polar surface area (TPSA) is 171 Å². The van der Waals surface area contributed by atoms with E-state index in [-0.39, 0.29) is 36.6 Å². The lowest BCUT2D eigenvalue weighted by Gasteiger charge is -2.10. The molecular weight excluding hydrogens is 708 g/mol. The highest BCUT2D eigenvalue weighted by molar-refractivity contribution is 5.93. The quantitative estimate of drug-likeness (QED) is 0.0714. The summed E-state index contributed by atoms with van der Waals surface area (Å²) in [6, 6.07) is 5.06. The molecule has 0 unspecified atom stereocenters. The van der Waals surface area contributed by atoms with E-state index in [1.54, 1.807) is 56.0 Å². The molecule has 0 bridgehead atoms. The zero-order valence-corrected chi connectivity index (χ0v) is 32.2. The summed E-state index contributed by atoms with van der Waals surface area (Å²) in [5.74, 6) is 0.286. The zero-order valence-electron chi connectivity index (χ0n) is 32.2. The van der Waals surface area contributed by atoms with Gasteiger partial charge in [0.15, 0.2) is 11.2 Å². The van der Waals surface area contributed by atoms with Gasteiger partial charge in [0.25, 0.3) is 5.56 Å². The Kier molecular flexibility index (Phi) is 21.4. The molecule has 3 aromatic rings. The van der Waals surface area contributed by atoms with Crippen LogP contribution in [-0.4, -0.2) is 145 Å². The molecule has 0 radical (unpaired) electrons. The predicted octanol–water partition coefficient (Wildman–Crippen LogP) is 2.03. The van der Waals surface area contributed by atoms with E-state index in [1.165, 1.54) is 16.2 Å². The van der Waals surface area contributed by atoms with Crippen molar-refractivity contribution in [3.63, 3.8) is 0 Å². The average molecular weight is 765 g/mol. The van der Waals surface area contributed by atoms with E-state index < -0.39 is 5.97 Å². The van der Waals surface area contributed by atoms with Crippen LogP contribution in [0.3, 0.4) is 0 Å². The summed E-state index contributed by atoms with van der Waals surface area (Å²) in [4.78, 5) is 43.0. The maximum Gasteiger partial charge on any atom is 0.342 e. The van der Waals surface area contributed by atoms with Crippen LogP contribution < -0.4 is 16.0 Å². The summed E-state index contributed by atoms with van der Waals surface area (Å²) >= 11 is 0. The second-order valence-corrected chi connectivity index (χ2v) is 11.5. The second kappa shape index (κ2) is 26.0. The van der Waals surface area contributed by atoms with Crippen molar-refractivity contribution < 1.29 is 52.2 Å². The maximum absolute atomic E-state index is 13.0. The number of carbonyl (C=O) groups is 1. The van der Waals surface area contributed by atoms with Crippen molar-refractivity contribution in [3.8, 4) is 5.75 Å². The first kappa shape index (κ1) is 44.5. The fourth-order valence-corrected chi connectivity index (χ4v) is 5.08. The van der Waals surface area contributed by atoms with Gasteiger partial charge in [-0.2, -0.15) is 0 Å². The molecule has 2 aromatic heterocycles. The number of aromatic nitrogens is 4. The van der Waals surface area contributed by atoms with Gasteiger partial charge in [0.1, 0.15) is 23.7 Å². The van der Waals surface area contributed by atoms with Crippen LogP contribution in [0.15, 0.2) is 27.8 Å². The second-order valence-electron chi connectivity index (χ2n) is 11.5. The Morgan fingerprint density at radius 1 is 0.667 bits per heavy atom. The molecular formula is C37H56N4O13. The molecule has 0 saturated heterocycles. The SMILES string of the molecule is CCn1c(=O)c2c(nc(/C=C/c3ccc(C(=O)OCCOCCOCCOCCOCCOCCOCCOCCOC)c(OC)c3)n2C)n(CC)c1=O. The van der Waals surface area contributed by atoms with Gasteiger partial charge in [-0.05, 0) is 37.6 Å². The minimum atomic E-state index is -0.544. The molecule has 0 fully saturated rings. The first-order valence-corrected chi connectivity index (χ1v) is 18.1. The largest absolute Gasteiger partial charge is 0.496 e. The molecule has 0 N–H and O–H groups in total. The standard InChI is InChI=1S/C37H56N4O13/c1-6-40-34-33(35(42)41(7-2)37(40)44)39(3)32(38-34)11-9-29-8-10-30(31(28-29)46-5)36(43)54-27-26-53-25-24-52-23-22-51-21-20-50-19-18-49-17-16-48-15-14-47-13-12-45-4/h8-11,28H,6-7,12-27H2,1-5H3/b11-9+. The lowest BCUT2D eigenvalue weighted by molar-refractivity contribution is -0.0235. The molecule has 3 rings (SSSR count). The summed E-state index contributed by atoms with van der Waals surface area (Å²) < 4.78 is 58.2. The molecule has 302 valence electrons. The van der Waals surface area contributed by atoms with Crippen LogP contribution in [0.5, 0.6) is 5.75 Å². The molecule has 0 aliphatic rings. The van der Waals surface area contributed by atoms with E-state index in [4.69, 9.17) is 47.4 Å². The van der Waals surface area contributed by atoms with Gasteiger partial charge in [0.05, 0.1) is 106 Å². The van der Waals surface area contributed by atoms with Crippen molar-refractivity contribution in [3.05, 3.63) is 56.0 Å². The normalized spacial score (nSPS) is 11.6. The number of fused-ring (bicyclic) bond motifs is 1. The fourth-order valence-electron chi connectivity index (χ4n) is 5.08. The number of carbonyl (C=O) groups excluding carboxylic acids is 1. The van der Waals surface area contributed by atoms with Gasteiger partial charge in [0.2, 0.25) is 0 Å². The third-order valence-electron chi connectivity index (χ3n) is 7.90. The van der Waals surface area contributed by atoms with Crippen LogP contribution in [0.25, 0.3) is 23.3 Å². The summed E-state index contributed by atoms with van der Waals surface area (Å²) in [5, 5.41) is 0. The zero-order chi connectivity index (χ0) is 39.0. The highest BCUT2D eigenvalue weighted by Gasteiger charge is 2.18. The Labute approximate surface area is 315 Å². The van der Waals surface area contributed by atoms with Crippen LogP contribution in [0.1, 0.15) is 35.6 Å². The van der Waals surface area contributed by atoms with E-state index in [0.717, 1.165) is 5.56 Å². The van der Waals surface area contributed by atoms with E-state index in [9.17, 15) is 14.4 Å². The summed E-state index contributed by atoms with van der Waals surface area (Å²) in [7, 11) is 4.84. The molecule has 2 heterocycles. The van der Waals surface area contributed by atoms with Crippen molar-refractivity contribution in [2.45, 2.75) is 26.9 Å². The minimum Gasteiger partial charge on any atom is -0.496 e. The number of hydrogen-bond donors (Lipinski definition) is 0. The number of methoxy groups -OCH3 is 2. The number of esters is 1. The van der Waals surface area contributed by atoms with Crippen LogP contribution in [-0.2, 0) is 62.8 Å². The highest BCUT2D eigenvalue weighted by Crippen LogP contribution is 2.23. The van der Waals surface area contributed by atoms with Gasteiger partial charge in [-0.3, -0.25) is 13.9 Å². The summed E-state index contributed by atoms with van der Waals surface area (Å²) in [6.45, 7) is 11.2. The number of benzene rings is 1. The van der Waals surface area contributed by atoms with Gasteiger partial charge in [-0.25, -0.2) is 14.6 Å². The highest BCUT2D eigenvalue weighted by atomic mass is 16.6. The van der Waals surface area contributed by atoms with Crippen LogP contribution in [0.4, 0.5) is 0 Å². The number of imidazole rings is 1. The minimum absolute atomic E-state index is 0.0615. The molecule has 0 atom stereocenters. The van der Waals surface area contributed by atoms with Crippen molar-refractivity contribution >= 4 is 29.3 Å². The van der Waals surface area contributed by atoms with E-state index in [2.05, 4.69) is 4.98 Å². The Hall–Kier alpha value is -3.94. The van der Waals surface area contributed by atoms with Crippen molar-refractivity contribution in [2.24, 2.45) is 7.05 Å². The Morgan fingerprint density at radius 3 is 1.61 bits per heavy atom. The lowest BCUT2D eigenvalue weighted by Crippen LogP contribution is -2.39. The molecule has 0 spiro atoms. The summed E-state index contributed by atoms with van der Waals surface area (Å²) in [5.41, 5.74) is 0.915. The Morgan fingerprint density at radius 2 is 1.15 bits per heavy atom. The van der Waals surface area contributed by atoms with Crippen molar-refractivity contribution in [1.29, 1.82) is 0 Å². The molecule has 0 amide bonds. The number of rotatable bonds is 30. The fraction of sp³-hybridized carbons (Fsp3) is 0.622. The Bertz CT molecular complexity index is 1680. The Balaban J connectivity index is 1.24. The van der Waals surface area contributed by atoms with Gasteiger partial charge >= 0.3 is 11.7 Å². The third kappa shape index (κ3) is 14.4. The first-order valence-electron chi connectivity index (χ1n) is 18.1. The van der Waals surface area contributed by atoms with Crippen LogP contribution in [0, 0.1) is 0 Å². The van der Waals surface area contributed by atoms with Crippen molar-refractivity contribution in [2.75, 3.05) is 120 Å². The monoisotopic (exact) mass is 764 g/mol. The number of aryl methyl sites for hydroxylation is 2. The number of hydrogen-bond acceptors (Lipinski definition) is 14. The van der Waals surface area contributed by atoms with Crippen molar-refractivity contribution in [1.82, 2.24) is 18.7 Å². The number of nitrogens with zero attached hydrogens (tertiary/aromatic N) is 4. The first-order chi connectivity index (χ1) is 26.4. The van der Waals surface area contributed by atoms with Gasteiger partial charge < -0.3 is 51.9 Å². The van der Waals surface area contributed by atoms with Crippen LogP contribution >= 0.6 is 0 Å². The third-order valence-corrected chi connectivity index (χ3v) is 7.90. The molecule has 0 saturated carbocycles. The molecule has 17 nitrogen and oxygen atoms in total. The van der Waals surface area contributed by atoms with Crippen LogP contribution in [0.2, 0.25) is 0 Å². The van der Waals surface area contributed by atoms with E-state index in [1.807, 2.05) is 6.92 Å². The van der Waals surface area contributed by atoms with Gasteiger partial charge in [-0.1, -0.05) is 12.1 Å². The van der Waals surface area contributed by atoms with E-state index >= 15 is 0 Å². The molecule has 17 heteroatoms. The lowest BCUT2D eigenvalue weighted by atomic mass is 10.1. The smallest absolute Gasteiger partial charge is 0.342 e. The molecule has 54 heavy (non-hydrogen) atoms. The molecule has 1 aromatic carbocycles. The predicted molar refractivity (Wildman–Crippen MR) is 200 cm³/mol. The average Bonchev–Trinajstić information content (AvgIpc) is 3.51. The number of ether oxygens (including phenoxy) is 10. The van der Waals surface area contributed by atoms with Gasteiger partial charge in [-0.15, -0.1) is 0 Å². The molecule has 0 aliphatic carbocycles. The summed E-state index contributed by atoms with van der Waals surface area (Å²) in [6.07, 6.45) is 3.52.